The second-order valence-electron chi connectivity index (χ2n) is 8.48. The van der Waals surface area contributed by atoms with Crippen molar-refractivity contribution >= 4 is 26.9 Å². The molecule has 178 valence electrons. The van der Waals surface area contributed by atoms with E-state index in [1.807, 2.05) is 32.0 Å². The summed E-state index contributed by atoms with van der Waals surface area (Å²) in [5.41, 5.74) is -0.224. The highest BCUT2D eigenvalue weighted by Crippen LogP contribution is 2.46. The van der Waals surface area contributed by atoms with Crippen LogP contribution in [0.25, 0.3) is 15.7 Å². The Bertz CT molecular complexity index is 1380. The predicted molar refractivity (Wildman–Crippen MR) is 126 cm³/mol. The van der Waals surface area contributed by atoms with Gasteiger partial charge in [-0.2, -0.15) is 5.10 Å². The minimum atomic E-state index is -4.00. The van der Waals surface area contributed by atoms with Gasteiger partial charge >= 0.3 is 11.6 Å². The van der Waals surface area contributed by atoms with E-state index in [4.69, 9.17) is 11.3 Å². The molecule has 0 unspecified atom stereocenters. The lowest BCUT2D eigenvalue weighted by Crippen LogP contribution is -2.45. The van der Waals surface area contributed by atoms with E-state index in [1.54, 1.807) is 29.8 Å². The molecule has 1 aromatic heterocycles. The Balaban J connectivity index is 1.78. The Morgan fingerprint density at radius 3 is 2.56 bits per heavy atom. The van der Waals surface area contributed by atoms with Crippen molar-refractivity contribution in [1.82, 2.24) is 14.1 Å². The molecule has 2 aromatic carbocycles. The summed E-state index contributed by atoms with van der Waals surface area (Å²) in [5.74, 6) is -0.847. The van der Waals surface area contributed by atoms with Crippen molar-refractivity contribution in [2.45, 2.75) is 43.8 Å². The summed E-state index contributed by atoms with van der Waals surface area (Å²) in [6.45, 7) is 13.7. The first-order valence-corrected chi connectivity index (χ1v) is 12.4. The fourth-order valence-corrected chi connectivity index (χ4v) is 6.35. The monoisotopic (exact) mass is 482 g/mol. The minimum Gasteiger partial charge on any atom is -0.494 e. The van der Waals surface area contributed by atoms with Crippen molar-refractivity contribution in [3.8, 4) is 5.75 Å². The maximum atomic E-state index is 13.6. The molecule has 1 aliphatic heterocycles. The number of hydrogen-bond donors (Lipinski definition) is 1. The number of sulfonamides is 1. The van der Waals surface area contributed by atoms with Gasteiger partial charge in [0.25, 0.3) is 0 Å². The van der Waals surface area contributed by atoms with Gasteiger partial charge in [0.2, 0.25) is 10.0 Å². The predicted octanol–water partition coefficient (Wildman–Crippen LogP) is 3.58. The van der Waals surface area contributed by atoms with Crippen LogP contribution in [0.15, 0.2) is 53.4 Å². The summed E-state index contributed by atoms with van der Waals surface area (Å²) in [6.07, 6.45) is -0.247. The summed E-state index contributed by atoms with van der Waals surface area (Å²) in [6, 6.07) is 13.0. The molecule has 2 heterocycles. The highest BCUT2D eigenvalue weighted by molar-refractivity contribution is 7.89. The van der Waals surface area contributed by atoms with Crippen LogP contribution in [0.1, 0.15) is 32.5 Å². The molecule has 3 aromatic rings. The third-order valence-corrected chi connectivity index (χ3v) is 8.54. The molecular weight excluding hydrogens is 456 g/mol. The summed E-state index contributed by atoms with van der Waals surface area (Å²) < 4.78 is 35.6. The summed E-state index contributed by atoms with van der Waals surface area (Å²) in [7, 11) is -4.00. The maximum absolute atomic E-state index is 13.6. The van der Waals surface area contributed by atoms with Gasteiger partial charge in [-0.3, -0.25) is 14.3 Å². The van der Waals surface area contributed by atoms with Gasteiger partial charge in [-0.05, 0) is 37.3 Å². The Morgan fingerprint density at radius 1 is 1.26 bits per heavy atom. The first-order valence-electron chi connectivity index (χ1n) is 11.0. The van der Waals surface area contributed by atoms with Crippen LogP contribution in [0.2, 0.25) is 0 Å². The molecule has 0 bridgehead atoms. The molecule has 1 fully saturated rings. The van der Waals surface area contributed by atoms with E-state index >= 15 is 0 Å². The van der Waals surface area contributed by atoms with Crippen molar-refractivity contribution in [3.63, 3.8) is 0 Å². The smallest absolute Gasteiger partial charge is 0.309 e. The molecule has 0 aliphatic carbocycles. The number of rotatable bonds is 7. The van der Waals surface area contributed by atoms with E-state index in [0.717, 1.165) is 0 Å². The quantitative estimate of drug-likeness (QED) is 0.516. The number of ether oxygens (including phenoxy) is 1. The lowest BCUT2D eigenvalue weighted by atomic mass is 9.94. The lowest BCUT2D eigenvalue weighted by molar-refractivity contribution is -0.136. The molecule has 9 nitrogen and oxygen atoms in total. The number of hydrogen-bond acceptors (Lipinski definition) is 5. The van der Waals surface area contributed by atoms with E-state index in [9.17, 15) is 18.3 Å². The van der Waals surface area contributed by atoms with Gasteiger partial charge in [0.15, 0.2) is 0 Å². The summed E-state index contributed by atoms with van der Waals surface area (Å²) >= 11 is 0. The second kappa shape index (κ2) is 8.74. The van der Waals surface area contributed by atoms with E-state index < -0.39 is 33.6 Å². The van der Waals surface area contributed by atoms with Crippen LogP contribution in [-0.4, -0.2) is 52.4 Å². The molecule has 1 saturated heterocycles. The van der Waals surface area contributed by atoms with Gasteiger partial charge in [-0.25, -0.2) is 15.0 Å². The Hall–Kier alpha value is -3.42. The maximum Gasteiger partial charge on any atom is 0.309 e. The topological polar surface area (TPSA) is 106 Å². The van der Waals surface area contributed by atoms with Crippen LogP contribution < -0.4 is 4.74 Å². The number of benzene rings is 2. The van der Waals surface area contributed by atoms with Crippen LogP contribution >= 0.6 is 0 Å². The highest BCUT2D eigenvalue weighted by Gasteiger charge is 2.60. The van der Waals surface area contributed by atoms with Gasteiger partial charge in [0.05, 0.1) is 41.1 Å². The van der Waals surface area contributed by atoms with Crippen molar-refractivity contribution in [3.05, 3.63) is 65.6 Å². The Kier molecular flexibility index (Phi) is 6.10. The van der Waals surface area contributed by atoms with Gasteiger partial charge < -0.3 is 9.84 Å². The van der Waals surface area contributed by atoms with E-state index in [2.05, 4.69) is 9.94 Å². The second-order valence-corrected chi connectivity index (χ2v) is 10.3. The zero-order valence-corrected chi connectivity index (χ0v) is 20.0. The largest absolute Gasteiger partial charge is 0.494 e. The molecule has 3 atom stereocenters. The van der Waals surface area contributed by atoms with Gasteiger partial charge in [-0.1, -0.05) is 25.1 Å². The normalized spacial score (nSPS) is 23.1. The van der Waals surface area contributed by atoms with Gasteiger partial charge in [-0.15, -0.1) is 4.31 Å². The standard InChI is InChI=1S/C24H26N4O5S/c1-5-33-17-10-12-18(13-11-17)34(31,32)27-15-22(16(2)24(27,3)25-4)28-21-9-7-6-8-19(21)20(26-28)14-23(29)30/h6-13,16,22H,5,14-15H2,1-3H3,(H,29,30)/t16-,22-,24+/m0/s1. The van der Waals surface area contributed by atoms with Gasteiger partial charge in [0, 0.05) is 18.9 Å². The van der Waals surface area contributed by atoms with E-state index in [-0.39, 0.29) is 17.9 Å². The SMILES string of the molecule is [C-]#[N+][C@@]1(C)[C@@H](C)[C@@H](n2nc(CC(=O)O)c3ccccc32)CN1S(=O)(=O)c1ccc(OCC)cc1. The van der Waals surface area contributed by atoms with Crippen molar-refractivity contribution in [1.29, 1.82) is 0 Å². The zero-order valence-electron chi connectivity index (χ0n) is 19.2. The van der Waals surface area contributed by atoms with Crippen LogP contribution in [0.5, 0.6) is 5.75 Å². The van der Waals surface area contributed by atoms with E-state index in [0.29, 0.717) is 29.0 Å². The molecule has 1 N–H and O–H groups in total. The number of para-hydroxylation sites is 1. The Morgan fingerprint density at radius 2 is 1.94 bits per heavy atom. The summed E-state index contributed by atoms with van der Waals surface area (Å²) in [5, 5.41) is 14.6. The summed E-state index contributed by atoms with van der Waals surface area (Å²) in [4.78, 5) is 15.2. The number of aromatic nitrogens is 2. The molecule has 34 heavy (non-hydrogen) atoms. The third-order valence-electron chi connectivity index (χ3n) is 6.57. The van der Waals surface area contributed by atoms with Gasteiger partial charge in [0.1, 0.15) is 5.75 Å². The molecule has 1 aliphatic rings. The lowest BCUT2D eigenvalue weighted by Gasteiger charge is -2.26. The fraction of sp³-hybridized carbons (Fsp3) is 0.375. The van der Waals surface area contributed by atoms with Crippen LogP contribution in [-0.2, 0) is 21.2 Å². The number of fused-ring (bicyclic) bond motifs is 1. The van der Waals surface area contributed by atoms with Crippen LogP contribution in [0, 0.1) is 12.5 Å². The number of aliphatic carboxylic acids is 1. The third kappa shape index (κ3) is 3.81. The molecule has 4 rings (SSSR count). The molecular formula is C24H26N4O5S. The number of carboxylic acid groups (broad SMARTS) is 1. The highest BCUT2D eigenvalue weighted by atomic mass is 32.2. The van der Waals surface area contributed by atoms with Crippen LogP contribution in [0.4, 0.5) is 0 Å². The zero-order chi connectivity index (χ0) is 24.7. The van der Waals surface area contributed by atoms with Crippen molar-refractivity contribution in [2.75, 3.05) is 13.2 Å². The average molecular weight is 483 g/mol. The number of carbonyl (C=O) groups is 1. The minimum absolute atomic E-state index is 0.0355. The molecule has 0 spiro atoms. The molecule has 0 radical (unpaired) electrons. The molecule has 0 saturated carbocycles. The number of nitrogens with zero attached hydrogens (tertiary/aromatic N) is 4. The Labute approximate surface area is 198 Å². The molecule has 10 heteroatoms. The first-order chi connectivity index (χ1) is 16.1. The van der Waals surface area contributed by atoms with Crippen LogP contribution in [0.3, 0.4) is 0 Å². The number of carboxylic acids is 1. The first kappa shape index (κ1) is 23.7. The van der Waals surface area contributed by atoms with E-state index in [1.165, 1.54) is 16.4 Å². The fourth-order valence-electron chi connectivity index (χ4n) is 4.58. The van der Waals surface area contributed by atoms with Crippen molar-refractivity contribution in [2.24, 2.45) is 5.92 Å². The average Bonchev–Trinajstić information content (AvgIpc) is 3.30. The molecule has 0 amide bonds. The van der Waals surface area contributed by atoms with Crippen molar-refractivity contribution < 1.29 is 23.1 Å².